The van der Waals surface area contributed by atoms with Crippen molar-refractivity contribution in [3.05, 3.63) is 42.0 Å². The molecule has 0 saturated carbocycles. The average Bonchev–Trinajstić information content (AvgIpc) is 2.29. The quantitative estimate of drug-likeness (QED) is 0.574. The van der Waals surface area contributed by atoms with E-state index in [2.05, 4.69) is 6.58 Å². The second kappa shape index (κ2) is 6.35. The Hall–Kier alpha value is -1.16. The van der Waals surface area contributed by atoms with Crippen LogP contribution in [0.3, 0.4) is 0 Å². The van der Waals surface area contributed by atoms with Crippen LogP contribution in [0, 0.1) is 0 Å². The second-order valence-electron chi connectivity index (χ2n) is 3.09. The van der Waals surface area contributed by atoms with E-state index in [1.54, 1.807) is 13.2 Å². The predicted octanol–water partition coefficient (Wildman–Crippen LogP) is 1.98. The van der Waals surface area contributed by atoms with Gasteiger partial charge in [0.25, 0.3) is 0 Å². The van der Waals surface area contributed by atoms with E-state index in [1.165, 1.54) is 0 Å². The first-order chi connectivity index (χ1) is 7.27. The van der Waals surface area contributed by atoms with E-state index in [4.69, 9.17) is 9.47 Å². The highest BCUT2D eigenvalue weighted by molar-refractivity contribution is 5.47. The number of hydrogen-bond acceptors (Lipinski definition) is 3. The molecule has 15 heavy (non-hydrogen) atoms. The van der Waals surface area contributed by atoms with E-state index in [9.17, 15) is 5.11 Å². The first kappa shape index (κ1) is 11.9. The van der Waals surface area contributed by atoms with Crippen LogP contribution in [0.5, 0.6) is 0 Å². The molecule has 0 bridgehead atoms. The van der Waals surface area contributed by atoms with Crippen LogP contribution in [0.2, 0.25) is 0 Å². The fourth-order valence-corrected chi connectivity index (χ4v) is 1.14. The largest absolute Gasteiger partial charge is 0.382 e. The van der Waals surface area contributed by atoms with Gasteiger partial charge in [0.1, 0.15) is 0 Å². The van der Waals surface area contributed by atoms with Crippen LogP contribution >= 0.6 is 0 Å². The molecule has 1 atom stereocenters. The number of aliphatic hydroxyl groups is 1. The number of benzene rings is 1. The monoisotopic (exact) mass is 208 g/mol. The molecule has 1 rings (SSSR count). The first-order valence-corrected chi connectivity index (χ1v) is 4.79. The summed E-state index contributed by atoms with van der Waals surface area (Å²) in [5, 5.41) is 9.61. The molecule has 3 heteroatoms. The zero-order valence-electron chi connectivity index (χ0n) is 8.85. The molecular formula is C12H16O3. The van der Waals surface area contributed by atoms with Crippen molar-refractivity contribution < 1.29 is 14.6 Å². The van der Waals surface area contributed by atoms with Crippen molar-refractivity contribution in [2.75, 3.05) is 20.3 Å². The normalized spacial score (nSPS) is 12.4. The van der Waals surface area contributed by atoms with Crippen molar-refractivity contribution in [1.29, 1.82) is 0 Å². The van der Waals surface area contributed by atoms with Gasteiger partial charge < -0.3 is 14.6 Å². The third-order valence-corrected chi connectivity index (χ3v) is 2.02. The molecule has 82 valence electrons. The number of aliphatic hydroxyl groups excluding tert-OH is 1. The number of hydrogen-bond donors (Lipinski definition) is 1. The van der Waals surface area contributed by atoms with Gasteiger partial charge in [-0.1, -0.05) is 36.9 Å². The summed E-state index contributed by atoms with van der Waals surface area (Å²) in [7, 11) is 1.59. The molecule has 0 aliphatic rings. The third kappa shape index (κ3) is 3.83. The SMILES string of the molecule is C=Cc1ccc(C(O)OCCOC)cc1. The van der Waals surface area contributed by atoms with Crippen molar-refractivity contribution in [3.8, 4) is 0 Å². The Morgan fingerprint density at radius 1 is 1.33 bits per heavy atom. The molecule has 0 aliphatic heterocycles. The number of methoxy groups -OCH3 is 1. The second-order valence-corrected chi connectivity index (χ2v) is 3.09. The molecule has 1 N–H and O–H groups in total. The summed E-state index contributed by atoms with van der Waals surface area (Å²) >= 11 is 0. The van der Waals surface area contributed by atoms with E-state index in [-0.39, 0.29) is 0 Å². The minimum absolute atomic E-state index is 0.376. The van der Waals surface area contributed by atoms with Crippen LogP contribution in [-0.4, -0.2) is 25.4 Å². The third-order valence-electron chi connectivity index (χ3n) is 2.02. The lowest BCUT2D eigenvalue weighted by atomic mass is 10.1. The zero-order chi connectivity index (χ0) is 11.1. The standard InChI is InChI=1S/C12H16O3/c1-3-10-4-6-11(7-5-10)12(13)15-9-8-14-2/h3-7,12-13H,1,8-9H2,2H3. The van der Waals surface area contributed by atoms with E-state index >= 15 is 0 Å². The molecule has 1 aromatic carbocycles. The molecule has 0 radical (unpaired) electrons. The van der Waals surface area contributed by atoms with Crippen molar-refractivity contribution in [2.24, 2.45) is 0 Å². The maximum Gasteiger partial charge on any atom is 0.181 e. The van der Waals surface area contributed by atoms with Gasteiger partial charge >= 0.3 is 0 Å². The Labute approximate surface area is 90.0 Å². The minimum Gasteiger partial charge on any atom is -0.382 e. The fraction of sp³-hybridized carbons (Fsp3) is 0.333. The number of rotatable bonds is 6. The Bertz CT molecular complexity index is 292. The molecule has 0 amide bonds. The molecule has 0 saturated heterocycles. The van der Waals surface area contributed by atoms with Crippen LogP contribution in [0.15, 0.2) is 30.8 Å². The highest BCUT2D eigenvalue weighted by Crippen LogP contribution is 2.15. The van der Waals surface area contributed by atoms with Crippen LogP contribution in [0.4, 0.5) is 0 Å². The van der Waals surface area contributed by atoms with Gasteiger partial charge in [-0.15, -0.1) is 0 Å². The molecule has 1 unspecified atom stereocenters. The predicted molar refractivity (Wildman–Crippen MR) is 59.3 cm³/mol. The molecular weight excluding hydrogens is 192 g/mol. The van der Waals surface area contributed by atoms with Crippen molar-refractivity contribution in [3.63, 3.8) is 0 Å². The average molecular weight is 208 g/mol. The number of ether oxygens (including phenoxy) is 2. The van der Waals surface area contributed by atoms with Crippen LogP contribution in [-0.2, 0) is 9.47 Å². The minimum atomic E-state index is -0.890. The van der Waals surface area contributed by atoms with Gasteiger partial charge in [0.15, 0.2) is 6.29 Å². The zero-order valence-corrected chi connectivity index (χ0v) is 8.85. The van der Waals surface area contributed by atoms with E-state index < -0.39 is 6.29 Å². The highest BCUT2D eigenvalue weighted by atomic mass is 16.6. The Morgan fingerprint density at radius 3 is 2.53 bits per heavy atom. The van der Waals surface area contributed by atoms with E-state index in [0.717, 1.165) is 11.1 Å². The van der Waals surface area contributed by atoms with Crippen LogP contribution in [0.25, 0.3) is 6.08 Å². The van der Waals surface area contributed by atoms with Gasteiger partial charge in [0, 0.05) is 12.7 Å². The lowest BCUT2D eigenvalue weighted by Crippen LogP contribution is -2.08. The van der Waals surface area contributed by atoms with Gasteiger partial charge in [0.2, 0.25) is 0 Å². The van der Waals surface area contributed by atoms with Crippen molar-refractivity contribution in [2.45, 2.75) is 6.29 Å². The van der Waals surface area contributed by atoms with Gasteiger partial charge in [-0.2, -0.15) is 0 Å². The van der Waals surface area contributed by atoms with Gasteiger partial charge in [-0.25, -0.2) is 0 Å². The molecule has 0 heterocycles. The van der Waals surface area contributed by atoms with Crippen LogP contribution in [0.1, 0.15) is 17.4 Å². The first-order valence-electron chi connectivity index (χ1n) is 4.79. The lowest BCUT2D eigenvalue weighted by Gasteiger charge is -2.11. The summed E-state index contributed by atoms with van der Waals surface area (Å²) in [4.78, 5) is 0. The Balaban J connectivity index is 2.50. The van der Waals surface area contributed by atoms with E-state index in [0.29, 0.717) is 13.2 Å². The van der Waals surface area contributed by atoms with Gasteiger partial charge in [0.05, 0.1) is 13.2 Å². The molecule has 0 aliphatic carbocycles. The lowest BCUT2D eigenvalue weighted by molar-refractivity contribution is -0.113. The molecule has 1 aromatic rings. The summed E-state index contributed by atoms with van der Waals surface area (Å²) in [5.74, 6) is 0. The summed E-state index contributed by atoms with van der Waals surface area (Å²) in [5.41, 5.74) is 1.75. The smallest absolute Gasteiger partial charge is 0.181 e. The Morgan fingerprint density at radius 2 is 2.00 bits per heavy atom. The van der Waals surface area contributed by atoms with Gasteiger partial charge in [-0.05, 0) is 5.56 Å². The highest BCUT2D eigenvalue weighted by Gasteiger charge is 2.06. The summed E-state index contributed by atoms with van der Waals surface area (Å²) < 4.78 is 9.96. The van der Waals surface area contributed by atoms with Crippen LogP contribution < -0.4 is 0 Å². The fourth-order valence-electron chi connectivity index (χ4n) is 1.14. The van der Waals surface area contributed by atoms with Crippen molar-refractivity contribution in [1.82, 2.24) is 0 Å². The van der Waals surface area contributed by atoms with E-state index in [1.807, 2.05) is 24.3 Å². The van der Waals surface area contributed by atoms with Crippen molar-refractivity contribution >= 4 is 6.08 Å². The summed E-state index contributed by atoms with van der Waals surface area (Å²) in [6.45, 7) is 4.51. The maximum atomic E-state index is 9.61. The maximum absolute atomic E-state index is 9.61. The summed E-state index contributed by atoms with van der Waals surface area (Å²) in [6.07, 6.45) is 0.862. The van der Waals surface area contributed by atoms with Gasteiger partial charge in [-0.3, -0.25) is 0 Å². The Kier molecular flexibility index (Phi) is 5.04. The summed E-state index contributed by atoms with van der Waals surface area (Å²) in [6, 6.07) is 7.39. The molecule has 0 aromatic heterocycles. The molecule has 0 spiro atoms. The molecule has 0 fully saturated rings. The topological polar surface area (TPSA) is 38.7 Å². The molecule has 3 nitrogen and oxygen atoms in total.